The predicted molar refractivity (Wildman–Crippen MR) is 56.5 cm³/mol. The summed E-state index contributed by atoms with van der Waals surface area (Å²) >= 11 is 0. The molecule has 0 atom stereocenters. The van der Waals surface area contributed by atoms with E-state index in [0.29, 0.717) is 5.41 Å². The van der Waals surface area contributed by atoms with Gasteiger partial charge in [-0.15, -0.1) is 0 Å². The molecule has 0 amide bonds. The van der Waals surface area contributed by atoms with Crippen LogP contribution in [0.4, 0.5) is 0 Å². The molecule has 0 saturated carbocycles. The fraction of sp³-hybridized carbons (Fsp3) is 0.833. The van der Waals surface area contributed by atoms with Gasteiger partial charge in [0.15, 0.2) is 0 Å². The summed E-state index contributed by atoms with van der Waals surface area (Å²) < 4.78 is 0. The molecule has 0 radical (unpaired) electrons. The lowest BCUT2D eigenvalue weighted by Crippen LogP contribution is -2.31. The molecule has 13 heavy (non-hydrogen) atoms. The maximum absolute atomic E-state index is 2.61. The molecule has 1 heteroatoms. The summed E-state index contributed by atoms with van der Waals surface area (Å²) in [6.45, 7) is 7.40. The van der Waals surface area contributed by atoms with Crippen LogP contribution < -0.4 is 0 Å². The largest absolute Gasteiger partial charge is 0.375 e. The molecule has 0 N–H and O–H groups in total. The van der Waals surface area contributed by atoms with Crippen molar-refractivity contribution < 1.29 is 0 Å². The fourth-order valence-electron chi connectivity index (χ4n) is 2.70. The minimum absolute atomic E-state index is 0.447. The lowest BCUT2D eigenvalue weighted by atomic mass is 9.79. The molecule has 0 aromatic rings. The summed E-state index contributed by atoms with van der Waals surface area (Å²) in [6.07, 6.45) is 9.32. The standard InChI is InChI=1S/C12H21N/c1-12(2)8-4-3-7-11(12)13-9-5-6-10-13/h7H,3-6,8-10H2,1-2H3. The quantitative estimate of drug-likeness (QED) is 0.597. The van der Waals surface area contributed by atoms with Gasteiger partial charge in [0.2, 0.25) is 0 Å². The van der Waals surface area contributed by atoms with E-state index >= 15 is 0 Å². The SMILES string of the molecule is CC1(C)CCCC=C1N1CCCC1. The number of nitrogens with zero attached hydrogens (tertiary/aromatic N) is 1. The number of hydrogen-bond donors (Lipinski definition) is 0. The topological polar surface area (TPSA) is 3.24 Å². The van der Waals surface area contributed by atoms with Crippen molar-refractivity contribution in [1.82, 2.24) is 4.90 Å². The molecule has 1 nitrogen and oxygen atoms in total. The van der Waals surface area contributed by atoms with Gasteiger partial charge in [0.1, 0.15) is 0 Å². The van der Waals surface area contributed by atoms with Crippen molar-refractivity contribution in [3.63, 3.8) is 0 Å². The third-order valence-corrected chi connectivity index (χ3v) is 3.48. The highest BCUT2D eigenvalue weighted by molar-refractivity contribution is 5.14. The first-order valence-corrected chi connectivity index (χ1v) is 5.66. The van der Waals surface area contributed by atoms with Crippen LogP contribution in [-0.2, 0) is 0 Å². The molecule has 0 spiro atoms. The smallest absolute Gasteiger partial charge is 0.0175 e. The van der Waals surface area contributed by atoms with Crippen LogP contribution in [0.2, 0.25) is 0 Å². The summed E-state index contributed by atoms with van der Waals surface area (Å²) in [5.41, 5.74) is 2.08. The normalized spacial score (nSPS) is 27.5. The van der Waals surface area contributed by atoms with Crippen molar-refractivity contribution in [2.75, 3.05) is 13.1 Å². The van der Waals surface area contributed by atoms with Crippen molar-refractivity contribution in [1.29, 1.82) is 0 Å². The zero-order valence-corrected chi connectivity index (χ0v) is 8.97. The Labute approximate surface area is 81.8 Å². The average Bonchev–Trinajstić information content (AvgIpc) is 2.55. The Kier molecular flexibility index (Phi) is 2.35. The molecule has 0 aromatic heterocycles. The van der Waals surface area contributed by atoms with Crippen LogP contribution in [0.25, 0.3) is 0 Å². The summed E-state index contributed by atoms with van der Waals surface area (Å²) in [7, 11) is 0. The Bertz CT molecular complexity index is 209. The molecule has 1 aliphatic carbocycles. The third kappa shape index (κ3) is 1.74. The molecule has 2 aliphatic rings. The lowest BCUT2D eigenvalue weighted by molar-refractivity contribution is 0.258. The van der Waals surface area contributed by atoms with E-state index < -0.39 is 0 Å². The summed E-state index contributed by atoms with van der Waals surface area (Å²) in [4.78, 5) is 2.61. The molecule has 74 valence electrons. The summed E-state index contributed by atoms with van der Waals surface area (Å²) in [5, 5.41) is 0. The number of hydrogen-bond acceptors (Lipinski definition) is 1. The Morgan fingerprint density at radius 1 is 1.15 bits per heavy atom. The van der Waals surface area contributed by atoms with E-state index in [1.807, 2.05) is 0 Å². The molecular weight excluding hydrogens is 158 g/mol. The van der Waals surface area contributed by atoms with E-state index in [9.17, 15) is 0 Å². The van der Waals surface area contributed by atoms with E-state index in [2.05, 4.69) is 24.8 Å². The van der Waals surface area contributed by atoms with Crippen LogP contribution in [0.5, 0.6) is 0 Å². The van der Waals surface area contributed by atoms with Crippen LogP contribution in [0.15, 0.2) is 11.8 Å². The van der Waals surface area contributed by atoms with Gasteiger partial charge in [0.05, 0.1) is 0 Å². The molecule has 1 fully saturated rings. The molecule has 0 bridgehead atoms. The zero-order valence-electron chi connectivity index (χ0n) is 8.97. The monoisotopic (exact) mass is 179 g/mol. The molecule has 1 heterocycles. The van der Waals surface area contributed by atoms with E-state index in [1.165, 1.54) is 45.2 Å². The van der Waals surface area contributed by atoms with Gasteiger partial charge in [-0.1, -0.05) is 19.9 Å². The second-order valence-corrected chi connectivity index (χ2v) is 5.06. The van der Waals surface area contributed by atoms with E-state index in [4.69, 9.17) is 0 Å². The van der Waals surface area contributed by atoms with Crippen molar-refractivity contribution in [2.24, 2.45) is 5.41 Å². The molecular formula is C12H21N. The van der Waals surface area contributed by atoms with Crippen LogP contribution in [0.3, 0.4) is 0 Å². The molecule has 0 unspecified atom stereocenters. The molecule has 2 rings (SSSR count). The molecule has 1 aliphatic heterocycles. The van der Waals surface area contributed by atoms with Crippen molar-refractivity contribution >= 4 is 0 Å². The van der Waals surface area contributed by atoms with Crippen molar-refractivity contribution in [3.05, 3.63) is 11.8 Å². The second-order valence-electron chi connectivity index (χ2n) is 5.06. The van der Waals surface area contributed by atoms with Crippen LogP contribution in [0.1, 0.15) is 46.0 Å². The first-order valence-electron chi connectivity index (χ1n) is 5.66. The van der Waals surface area contributed by atoms with Gasteiger partial charge in [-0.3, -0.25) is 0 Å². The minimum atomic E-state index is 0.447. The maximum atomic E-state index is 2.61. The molecule has 0 aromatic carbocycles. The first kappa shape index (κ1) is 9.11. The van der Waals surface area contributed by atoms with Gasteiger partial charge in [-0.25, -0.2) is 0 Å². The van der Waals surface area contributed by atoms with Crippen LogP contribution >= 0.6 is 0 Å². The van der Waals surface area contributed by atoms with Crippen molar-refractivity contribution in [3.8, 4) is 0 Å². The number of allylic oxidation sites excluding steroid dienone is 2. The fourth-order valence-corrected chi connectivity index (χ4v) is 2.70. The lowest BCUT2D eigenvalue weighted by Gasteiger charge is -2.37. The Morgan fingerprint density at radius 3 is 2.46 bits per heavy atom. The number of likely N-dealkylation sites (tertiary alicyclic amines) is 1. The van der Waals surface area contributed by atoms with Crippen LogP contribution in [0, 0.1) is 5.41 Å². The Morgan fingerprint density at radius 2 is 1.85 bits per heavy atom. The van der Waals surface area contributed by atoms with Gasteiger partial charge >= 0.3 is 0 Å². The van der Waals surface area contributed by atoms with E-state index in [0.717, 1.165) is 0 Å². The highest BCUT2D eigenvalue weighted by atomic mass is 15.2. The highest BCUT2D eigenvalue weighted by Crippen LogP contribution is 2.39. The van der Waals surface area contributed by atoms with Crippen LogP contribution in [-0.4, -0.2) is 18.0 Å². The van der Waals surface area contributed by atoms with Gasteiger partial charge in [0.25, 0.3) is 0 Å². The first-order chi connectivity index (χ1) is 6.20. The third-order valence-electron chi connectivity index (χ3n) is 3.48. The van der Waals surface area contributed by atoms with Gasteiger partial charge < -0.3 is 4.90 Å². The van der Waals surface area contributed by atoms with Gasteiger partial charge in [-0.05, 0) is 32.1 Å². The summed E-state index contributed by atoms with van der Waals surface area (Å²) in [5.74, 6) is 0. The number of rotatable bonds is 1. The van der Waals surface area contributed by atoms with E-state index in [1.54, 1.807) is 5.70 Å². The van der Waals surface area contributed by atoms with E-state index in [-0.39, 0.29) is 0 Å². The Balaban J connectivity index is 2.14. The van der Waals surface area contributed by atoms with Gasteiger partial charge in [0, 0.05) is 24.2 Å². The minimum Gasteiger partial charge on any atom is -0.375 e. The summed E-state index contributed by atoms with van der Waals surface area (Å²) in [6, 6.07) is 0. The maximum Gasteiger partial charge on any atom is 0.0175 e. The zero-order chi connectivity index (χ0) is 9.31. The van der Waals surface area contributed by atoms with Crippen molar-refractivity contribution in [2.45, 2.75) is 46.0 Å². The molecule has 1 saturated heterocycles. The van der Waals surface area contributed by atoms with Gasteiger partial charge in [-0.2, -0.15) is 0 Å². The highest BCUT2D eigenvalue weighted by Gasteiger charge is 2.30. The second kappa shape index (κ2) is 3.36. The Hall–Kier alpha value is -0.460. The average molecular weight is 179 g/mol. The predicted octanol–water partition coefficient (Wildman–Crippen LogP) is 3.18.